The van der Waals surface area contributed by atoms with Crippen LogP contribution in [0.15, 0.2) is 6.07 Å². The summed E-state index contributed by atoms with van der Waals surface area (Å²) in [5.41, 5.74) is 1.27. The van der Waals surface area contributed by atoms with Crippen LogP contribution in [0.2, 0.25) is 0 Å². The van der Waals surface area contributed by atoms with Crippen LogP contribution in [0.1, 0.15) is 42.9 Å². The number of nitrogens with one attached hydrogen (secondary N) is 1. The molecule has 1 rings (SSSR count). The molecule has 1 aromatic rings. The number of nitrogens with zero attached hydrogens (tertiary/aromatic N) is 2. The van der Waals surface area contributed by atoms with E-state index >= 15 is 0 Å². The van der Waals surface area contributed by atoms with E-state index in [9.17, 15) is 9.59 Å². The van der Waals surface area contributed by atoms with E-state index in [1.54, 1.807) is 13.1 Å². The summed E-state index contributed by atoms with van der Waals surface area (Å²) >= 11 is 0. The molecule has 2 N–H and O–H groups in total. The summed E-state index contributed by atoms with van der Waals surface area (Å²) in [4.78, 5) is 22.9. The normalized spacial score (nSPS) is 12.4. The largest absolute Gasteiger partial charge is 0.481 e. The molecular weight excluding hydrogens is 258 g/mol. The number of hydrogen-bond acceptors (Lipinski definition) is 3. The number of carboxylic acids is 1. The lowest BCUT2D eigenvalue weighted by Gasteiger charge is -2.17. The first-order valence-electron chi connectivity index (χ1n) is 6.80. The molecule has 0 aliphatic rings. The molecule has 0 aliphatic carbocycles. The maximum atomic E-state index is 12.0. The quantitative estimate of drug-likeness (QED) is 0.795. The Kier molecular flexibility index (Phi) is 5.73. The summed E-state index contributed by atoms with van der Waals surface area (Å²) in [5, 5.41) is 15.8. The van der Waals surface area contributed by atoms with Crippen molar-refractivity contribution < 1.29 is 14.7 Å². The van der Waals surface area contributed by atoms with E-state index in [0.717, 1.165) is 12.1 Å². The lowest BCUT2D eigenvalue weighted by Crippen LogP contribution is -2.32. The third-order valence-electron chi connectivity index (χ3n) is 3.05. The maximum absolute atomic E-state index is 12.0. The van der Waals surface area contributed by atoms with Gasteiger partial charge in [-0.3, -0.25) is 14.3 Å². The Balaban J connectivity index is 2.60. The molecule has 1 heterocycles. The molecule has 0 radical (unpaired) electrons. The fraction of sp³-hybridized carbons (Fsp3) is 0.643. The molecule has 0 spiro atoms. The Morgan fingerprint density at radius 1 is 1.45 bits per heavy atom. The highest BCUT2D eigenvalue weighted by Crippen LogP contribution is 2.15. The molecule has 6 nitrogen and oxygen atoms in total. The van der Waals surface area contributed by atoms with Gasteiger partial charge in [-0.05, 0) is 31.2 Å². The van der Waals surface area contributed by atoms with Gasteiger partial charge in [0.15, 0.2) is 0 Å². The first-order valence-corrected chi connectivity index (χ1v) is 6.80. The van der Waals surface area contributed by atoms with E-state index in [-0.39, 0.29) is 18.2 Å². The highest BCUT2D eigenvalue weighted by Gasteiger charge is 2.18. The van der Waals surface area contributed by atoms with Crippen LogP contribution in [0, 0.1) is 18.8 Å². The van der Waals surface area contributed by atoms with Gasteiger partial charge in [-0.1, -0.05) is 13.8 Å². The minimum Gasteiger partial charge on any atom is -0.481 e. The number of hydrogen-bond donors (Lipinski definition) is 2. The van der Waals surface area contributed by atoms with E-state index < -0.39 is 5.97 Å². The van der Waals surface area contributed by atoms with Gasteiger partial charge >= 0.3 is 5.97 Å². The number of carbonyl (C=O) groups is 2. The Hall–Kier alpha value is -1.85. The summed E-state index contributed by atoms with van der Waals surface area (Å²) < 4.78 is 1.53. The predicted octanol–water partition coefficient (Wildman–Crippen LogP) is 1.60. The smallest absolute Gasteiger partial charge is 0.303 e. The average molecular weight is 281 g/mol. The van der Waals surface area contributed by atoms with E-state index in [0.29, 0.717) is 18.2 Å². The SMILES string of the molecule is Cc1cc(C(=O)NCC(CC(=O)O)CC(C)C)n(C)n1. The van der Waals surface area contributed by atoms with E-state index in [1.165, 1.54) is 4.68 Å². The summed E-state index contributed by atoms with van der Waals surface area (Å²) in [5.74, 6) is -0.700. The van der Waals surface area contributed by atoms with Crippen molar-refractivity contribution in [3.05, 3.63) is 17.5 Å². The zero-order valence-corrected chi connectivity index (χ0v) is 12.5. The van der Waals surface area contributed by atoms with Crippen LogP contribution >= 0.6 is 0 Å². The number of amides is 1. The minimum absolute atomic E-state index is 0.0502. The molecule has 1 aromatic heterocycles. The topological polar surface area (TPSA) is 84.2 Å². The predicted molar refractivity (Wildman–Crippen MR) is 75.5 cm³/mol. The van der Waals surface area contributed by atoms with Crippen LogP contribution in [0.3, 0.4) is 0 Å². The van der Waals surface area contributed by atoms with Crippen LogP contribution in [0.4, 0.5) is 0 Å². The van der Waals surface area contributed by atoms with E-state index in [2.05, 4.69) is 10.4 Å². The van der Waals surface area contributed by atoms with Crippen molar-refractivity contribution in [2.24, 2.45) is 18.9 Å². The lowest BCUT2D eigenvalue weighted by atomic mass is 9.94. The highest BCUT2D eigenvalue weighted by atomic mass is 16.4. The summed E-state index contributed by atoms with van der Waals surface area (Å²) in [6, 6.07) is 1.71. The third-order valence-corrected chi connectivity index (χ3v) is 3.05. The second-order valence-electron chi connectivity index (χ2n) is 5.60. The second kappa shape index (κ2) is 7.07. The molecule has 0 aromatic carbocycles. The van der Waals surface area contributed by atoms with Crippen molar-refractivity contribution >= 4 is 11.9 Å². The standard InChI is InChI=1S/C14H23N3O3/c1-9(2)5-11(7-13(18)19)8-15-14(20)12-6-10(3)16-17(12)4/h6,9,11H,5,7-8H2,1-4H3,(H,15,20)(H,18,19). The van der Waals surface area contributed by atoms with Gasteiger partial charge in [0.2, 0.25) is 0 Å². The van der Waals surface area contributed by atoms with Crippen LogP contribution < -0.4 is 5.32 Å². The molecule has 0 aliphatic heterocycles. The van der Waals surface area contributed by atoms with Gasteiger partial charge in [-0.15, -0.1) is 0 Å². The zero-order chi connectivity index (χ0) is 15.3. The maximum Gasteiger partial charge on any atom is 0.303 e. The lowest BCUT2D eigenvalue weighted by molar-refractivity contribution is -0.138. The van der Waals surface area contributed by atoms with Crippen molar-refractivity contribution in [2.75, 3.05) is 6.54 Å². The van der Waals surface area contributed by atoms with Crippen molar-refractivity contribution in [3.63, 3.8) is 0 Å². The van der Waals surface area contributed by atoms with Crippen LogP contribution in [0.5, 0.6) is 0 Å². The molecule has 1 unspecified atom stereocenters. The van der Waals surface area contributed by atoms with Crippen molar-refractivity contribution in [1.82, 2.24) is 15.1 Å². The van der Waals surface area contributed by atoms with Gasteiger partial charge in [0.05, 0.1) is 5.69 Å². The second-order valence-corrected chi connectivity index (χ2v) is 5.60. The number of carbonyl (C=O) groups excluding carboxylic acids is 1. The van der Waals surface area contributed by atoms with Gasteiger partial charge in [-0.25, -0.2) is 0 Å². The number of aliphatic carboxylic acids is 1. The van der Waals surface area contributed by atoms with Crippen molar-refractivity contribution in [2.45, 2.75) is 33.6 Å². The average Bonchev–Trinajstić information content (AvgIpc) is 2.63. The summed E-state index contributed by atoms with van der Waals surface area (Å²) in [6.45, 7) is 6.28. The van der Waals surface area contributed by atoms with Crippen molar-refractivity contribution in [1.29, 1.82) is 0 Å². The molecular formula is C14H23N3O3. The number of carboxylic acid groups (broad SMARTS) is 1. The molecule has 6 heteroatoms. The first-order chi connectivity index (χ1) is 9.29. The Bertz CT molecular complexity index is 480. The summed E-state index contributed by atoms with van der Waals surface area (Å²) in [7, 11) is 1.71. The first kappa shape index (κ1) is 16.2. The fourth-order valence-corrected chi connectivity index (χ4v) is 2.30. The monoisotopic (exact) mass is 281 g/mol. The van der Waals surface area contributed by atoms with Gasteiger partial charge in [-0.2, -0.15) is 5.10 Å². The molecule has 20 heavy (non-hydrogen) atoms. The fourth-order valence-electron chi connectivity index (χ4n) is 2.30. The Morgan fingerprint density at radius 2 is 2.10 bits per heavy atom. The van der Waals surface area contributed by atoms with Gasteiger partial charge in [0, 0.05) is 20.0 Å². The van der Waals surface area contributed by atoms with Crippen LogP contribution in [-0.4, -0.2) is 33.3 Å². The van der Waals surface area contributed by atoms with Gasteiger partial charge < -0.3 is 10.4 Å². The Morgan fingerprint density at radius 3 is 2.55 bits per heavy atom. The molecule has 112 valence electrons. The minimum atomic E-state index is -0.832. The highest BCUT2D eigenvalue weighted by molar-refractivity contribution is 5.92. The van der Waals surface area contributed by atoms with Gasteiger partial charge in [0.25, 0.3) is 5.91 Å². The number of aromatic nitrogens is 2. The molecule has 0 fully saturated rings. The van der Waals surface area contributed by atoms with E-state index in [1.807, 2.05) is 20.8 Å². The molecule has 0 saturated heterocycles. The number of aryl methyl sites for hydroxylation is 2. The van der Waals surface area contributed by atoms with Crippen molar-refractivity contribution in [3.8, 4) is 0 Å². The van der Waals surface area contributed by atoms with Gasteiger partial charge in [0.1, 0.15) is 5.69 Å². The van der Waals surface area contributed by atoms with Crippen LogP contribution in [0.25, 0.3) is 0 Å². The summed E-state index contributed by atoms with van der Waals surface area (Å²) in [6.07, 6.45) is 0.847. The molecule has 0 bridgehead atoms. The molecule has 1 atom stereocenters. The van der Waals surface area contributed by atoms with Crippen LogP contribution in [-0.2, 0) is 11.8 Å². The van der Waals surface area contributed by atoms with E-state index in [4.69, 9.17) is 5.11 Å². The Labute approximate surface area is 119 Å². The third kappa shape index (κ3) is 5.03. The number of rotatable bonds is 7. The molecule has 1 amide bonds. The zero-order valence-electron chi connectivity index (χ0n) is 12.5. The molecule has 0 saturated carbocycles.